The molecule has 1 aromatic carbocycles. The SMILES string of the molecule is O=C(NC1C2CC3CC(C2)CC1C3)C1=CCCCc2ccccc21. The van der Waals surface area contributed by atoms with Crippen molar-refractivity contribution in [1.29, 1.82) is 0 Å². The minimum Gasteiger partial charge on any atom is -0.349 e. The van der Waals surface area contributed by atoms with E-state index < -0.39 is 0 Å². The van der Waals surface area contributed by atoms with E-state index >= 15 is 0 Å². The van der Waals surface area contributed by atoms with Crippen molar-refractivity contribution in [1.82, 2.24) is 5.32 Å². The second kappa shape index (κ2) is 5.75. The smallest absolute Gasteiger partial charge is 0.251 e. The molecule has 6 rings (SSSR count). The molecule has 2 heteroatoms. The molecule has 0 radical (unpaired) electrons. The van der Waals surface area contributed by atoms with Crippen molar-refractivity contribution in [3.8, 4) is 0 Å². The number of carbonyl (C=O) groups is 1. The van der Waals surface area contributed by atoms with Gasteiger partial charge in [0.2, 0.25) is 0 Å². The lowest BCUT2D eigenvalue weighted by molar-refractivity contribution is -0.119. The molecule has 126 valence electrons. The molecule has 24 heavy (non-hydrogen) atoms. The fourth-order valence-electron chi connectivity index (χ4n) is 6.25. The first kappa shape index (κ1) is 14.7. The molecular weight excluding hydrogens is 294 g/mol. The van der Waals surface area contributed by atoms with Crippen molar-refractivity contribution in [3.63, 3.8) is 0 Å². The van der Waals surface area contributed by atoms with Crippen molar-refractivity contribution in [2.75, 3.05) is 0 Å². The van der Waals surface area contributed by atoms with Gasteiger partial charge in [0, 0.05) is 11.6 Å². The number of hydrogen-bond donors (Lipinski definition) is 1. The summed E-state index contributed by atoms with van der Waals surface area (Å²) in [5, 5.41) is 3.49. The van der Waals surface area contributed by atoms with Gasteiger partial charge < -0.3 is 5.32 Å². The summed E-state index contributed by atoms with van der Waals surface area (Å²) in [4.78, 5) is 13.1. The van der Waals surface area contributed by atoms with Crippen LogP contribution in [0.2, 0.25) is 0 Å². The minimum absolute atomic E-state index is 0.182. The van der Waals surface area contributed by atoms with Crippen LogP contribution < -0.4 is 5.32 Å². The molecule has 0 saturated heterocycles. The molecule has 0 aliphatic heterocycles. The Morgan fingerprint density at radius 2 is 1.67 bits per heavy atom. The zero-order valence-corrected chi connectivity index (χ0v) is 14.3. The molecule has 0 heterocycles. The van der Waals surface area contributed by atoms with E-state index in [4.69, 9.17) is 0 Å². The highest BCUT2D eigenvalue weighted by Crippen LogP contribution is 2.53. The molecule has 1 N–H and O–H groups in total. The summed E-state index contributed by atoms with van der Waals surface area (Å²) in [6.45, 7) is 0. The fraction of sp³-hybridized carbons (Fsp3) is 0.591. The third kappa shape index (κ3) is 2.42. The van der Waals surface area contributed by atoms with Crippen molar-refractivity contribution < 1.29 is 4.79 Å². The molecule has 0 spiro atoms. The first-order valence-corrected chi connectivity index (χ1v) is 9.87. The van der Waals surface area contributed by atoms with Gasteiger partial charge in [-0.3, -0.25) is 4.79 Å². The van der Waals surface area contributed by atoms with Crippen LogP contribution in [0.25, 0.3) is 5.57 Å². The predicted octanol–water partition coefficient (Wildman–Crippen LogP) is 4.35. The average Bonchev–Trinajstić information content (AvgIpc) is 2.80. The van der Waals surface area contributed by atoms with Crippen LogP contribution in [0.4, 0.5) is 0 Å². The van der Waals surface area contributed by atoms with E-state index in [1.807, 2.05) is 0 Å². The number of allylic oxidation sites excluding steroid dienone is 1. The molecule has 5 aliphatic rings. The van der Waals surface area contributed by atoms with E-state index in [-0.39, 0.29) is 5.91 Å². The van der Waals surface area contributed by atoms with Crippen LogP contribution in [0.3, 0.4) is 0 Å². The normalized spacial score (nSPS) is 36.7. The third-order valence-electron chi connectivity index (χ3n) is 7.08. The Hall–Kier alpha value is -1.57. The average molecular weight is 321 g/mol. The minimum atomic E-state index is 0.182. The van der Waals surface area contributed by atoms with Crippen LogP contribution in [-0.4, -0.2) is 11.9 Å². The Balaban J connectivity index is 1.38. The number of carbonyl (C=O) groups excluding carboxylic acids is 1. The molecule has 0 aromatic heterocycles. The highest BCUT2D eigenvalue weighted by molar-refractivity contribution is 6.20. The molecule has 4 bridgehead atoms. The molecule has 5 aliphatic carbocycles. The van der Waals surface area contributed by atoms with Crippen molar-refractivity contribution in [2.24, 2.45) is 23.7 Å². The largest absolute Gasteiger partial charge is 0.349 e. The number of rotatable bonds is 2. The van der Waals surface area contributed by atoms with Gasteiger partial charge in [0.1, 0.15) is 0 Å². The van der Waals surface area contributed by atoms with Crippen LogP contribution >= 0.6 is 0 Å². The molecule has 0 atom stereocenters. The maximum Gasteiger partial charge on any atom is 0.251 e. The Morgan fingerprint density at radius 3 is 2.42 bits per heavy atom. The van der Waals surface area contributed by atoms with E-state index in [0.717, 1.165) is 54.1 Å². The summed E-state index contributed by atoms with van der Waals surface area (Å²) in [6.07, 6.45) is 12.3. The van der Waals surface area contributed by atoms with Crippen LogP contribution in [0, 0.1) is 23.7 Å². The van der Waals surface area contributed by atoms with Crippen LogP contribution in [0.15, 0.2) is 30.3 Å². The molecule has 4 saturated carbocycles. The van der Waals surface area contributed by atoms with Gasteiger partial charge in [0.05, 0.1) is 0 Å². The van der Waals surface area contributed by atoms with Gasteiger partial charge >= 0.3 is 0 Å². The van der Waals surface area contributed by atoms with Crippen LogP contribution in [-0.2, 0) is 11.2 Å². The van der Waals surface area contributed by atoms with E-state index in [9.17, 15) is 4.79 Å². The van der Waals surface area contributed by atoms with E-state index in [0.29, 0.717) is 6.04 Å². The van der Waals surface area contributed by atoms with Crippen LogP contribution in [0.1, 0.15) is 56.1 Å². The van der Waals surface area contributed by atoms with Gasteiger partial charge in [0.25, 0.3) is 5.91 Å². The zero-order chi connectivity index (χ0) is 16.1. The Bertz CT molecular complexity index is 661. The number of hydrogen-bond acceptors (Lipinski definition) is 1. The maximum atomic E-state index is 13.1. The molecule has 1 aromatic rings. The highest BCUT2D eigenvalue weighted by atomic mass is 16.1. The van der Waals surface area contributed by atoms with Gasteiger partial charge in [-0.2, -0.15) is 0 Å². The molecule has 0 unspecified atom stereocenters. The summed E-state index contributed by atoms with van der Waals surface area (Å²) in [7, 11) is 0. The van der Waals surface area contributed by atoms with E-state index in [2.05, 4.69) is 35.7 Å². The van der Waals surface area contributed by atoms with Crippen LogP contribution in [0.5, 0.6) is 0 Å². The Kier molecular flexibility index (Phi) is 3.53. The second-order valence-corrected chi connectivity index (χ2v) is 8.60. The molecular formula is C22H27NO. The van der Waals surface area contributed by atoms with Gasteiger partial charge in [-0.1, -0.05) is 30.3 Å². The summed E-state index contributed by atoms with van der Waals surface area (Å²) >= 11 is 0. The lowest BCUT2D eigenvalue weighted by Crippen LogP contribution is -2.55. The lowest BCUT2D eigenvalue weighted by Gasteiger charge is -2.54. The quantitative estimate of drug-likeness (QED) is 0.862. The summed E-state index contributed by atoms with van der Waals surface area (Å²) in [5.41, 5.74) is 3.43. The first-order chi connectivity index (χ1) is 11.8. The summed E-state index contributed by atoms with van der Waals surface area (Å²) in [5.74, 6) is 3.58. The van der Waals surface area contributed by atoms with Gasteiger partial charge in [-0.15, -0.1) is 0 Å². The second-order valence-electron chi connectivity index (χ2n) is 8.60. The van der Waals surface area contributed by atoms with Crippen molar-refractivity contribution >= 4 is 11.5 Å². The van der Waals surface area contributed by atoms with Gasteiger partial charge in [-0.05, 0) is 86.2 Å². The van der Waals surface area contributed by atoms with E-state index in [1.54, 1.807) is 0 Å². The Labute approximate surface area is 144 Å². The topological polar surface area (TPSA) is 29.1 Å². The molecule has 1 amide bonds. The fourth-order valence-corrected chi connectivity index (χ4v) is 6.25. The zero-order valence-electron chi connectivity index (χ0n) is 14.3. The standard InChI is InChI=1S/C22H27NO/c24-22(20-8-4-2-6-16-5-1-3-7-19(16)20)23-21-17-10-14-9-15(12-17)13-18(21)11-14/h1,3,5,7-8,14-15,17-18,21H,2,4,6,9-13H2,(H,23,24). The number of aryl methyl sites for hydroxylation is 1. The lowest BCUT2D eigenvalue weighted by atomic mass is 9.54. The first-order valence-electron chi connectivity index (χ1n) is 9.87. The monoisotopic (exact) mass is 321 g/mol. The number of nitrogens with one attached hydrogen (secondary N) is 1. The number of benzene rings is 1. The molecule has 2 nitrogen and oxygen atoms in total. The number of fused-ring (bicyclic) bond motifs is 1. The van der Waals surface area contributed by atoms with Crippen molar-refractivity contribution in [3.05, 3.63) is 41.5 Å². The van der Waals surface area contributed by atoms with Gasteiger partial charge in [0.15, 0.2) is 0 Å². The van der Waals surface area contributed by atoms with E-state index in [1.165, 1.54) is 37.7 Å². The maximum absolute atomic E-state index is 13.1. The van der Waals surface area contributed by atoms with Gasteiger partial charge in [-0.25, -0.2) is 0 Å². The summed E-state index contributed by atoms with van der Waals surface area (Å²) < 4.78 is 0. The third-order valence-corrected chi connectivity index (χ3v) is 7.08. The molecule has 4 fully saturated rings. The summed E-state index contributed by atoms with van der Waals surface area (Å²) in [6, 6.07) is 8.90. The van der Waals surface area contributed by atoms with Crippen molar-refractivity contribution in [2.45, 2.75) is 57.4 Å². The number of amides is 1. The predicted molar refractivity (Wildman–Crippen MR) is 96.3 cm³/mol. The Morgan fingerprint density at radius 1 is 0.958 bits per heavy atom. The highest BCUT2D eigenvalue weighted by Gasteiger charge is 2.48.